The van der Waals surface area contributed by atoms with Gasteiger partial charge in [-0.05, 0) is 39.2 Å². The van der Waals surface area contributed by atoms with Crippen LogP contribution in [0.5, 0.6) is 0 Å². The van der Waals surface area contributed by atoms with E-state index in [1.165, 1.54) is 22.7 Å². The van der Waals surface area contributed by atoms with Crippen molar-refractivity contribution < 1.29 is 4.74 Å². The molecule has 102 valence electrons. The second-order valence-corrected chi connectivity index (χ2v) is 6.41. The summed E-state index contributed by atoms with van der Waals surface area (Å²) >= 11 is 1.81. The molecule has 1 saturated carbocycles. The third-order valence-corrected chi connectivity index (χ3v) is 4.85. The normalized spacial score (nSPS) is 28.5. The molecule has 1 aliphatic rings. The molecule has 2 rings (SSSR count). The van der Waals surface area contributed by atoms with Crippen LogP contribution in [-0.2, 0) is 16.9 Å². The summed E-state index contributed by atoms with van der Waals surface area (Å²) in [6.07, 6.45) is 6.81. The molecule has 18 heavy (non-hydrogen) atoms. The molecule has 0 bridgehead atoms. The lowest BCUT2D eigenvalue weighted by molar-refractivity contribution is -0.0820. The Bertz CT molecular complexity index is 376. The first-order valence-electron chi connectivity index (χ1n) is 6.94. The molecule has 0 amide bonds. The van der Waals surface area contributed by atoms with Crippen molar-refractivity contribution in [1.29, 1.82) is 0 Å². The van der Waals surface area contributed by atoms with Crippen LogP contribution in [0.4, 0.5) is 0 Å². The highest BCUT2D eigenvalue weighted by molar-refractivity contribution is 7.11. The minimum atomic E-state index is -0.108. The Balaban J connectivity index is 2.21. The van der Waals surface area contributed by atoms with Crippen LogP contribution in [0.15, 0.2) is 6.20 Å². The molecule has 2 unspecified atom stereocenters. The lowest BCUT2D eigenvalue weighted by atomic mass is 9.79. The Morgan fingerprint density at radius 2 is 2.44 bits per heavy atom. The zero-order valence-electron chi connectivity index (χ0n) is 11.7. The summed E-state index contributed by atoms with van der Waals surface area (Å²) < 4.78 is 6.15. The molecule has 0 aliphatic heterocycles. The fraction of sp³-hybridized carbons (Fsp3) is 0.786. The third-order valence-electron chi connectivity index (χ3n) is 3.67. The summed E-state index contributed by atoms with van der Waals surface area (Å²) in [6, 6.07) is 0. The van der Waals surface area contributed by atoms with Crippen LogP contribution in [0.25, 0.3) is 0 Å². The van der Waals surface area contributed by atoms with Gasteiger partial charge in [0.15, 0.2) is 0 Å². The van der Waals surface area contributed by atoms with Crippen molar-refractivity contribution in [1.82, 2.24) is 10.3 Å². The van der Waals surface area contributed by atoms with Gasteiger partial charge in [-0.25, -0.2) is 4.98 Å². The molecule has 1 fully saturated rings. The molecule has 1 aromatic heterocycles. The van der Waals surface area contributed by atoms with E-state index in [-0.39, 0.29) is 5.60 Å². The molecule has 1 heterocycles. The highest BCUT2D eigenvalue weighted by Crippen LogP contribution is 2.44. The molecule has 0 saturated heterocycles. The number of rotatable bonds is 5. The first-order valence-corrected chi connectivity index (χ1v) is 7.75. The molecule has 1 aromatic rings. The monoisotopic (exact) mass is 268 g/mol. The summed E-state index contributed by atoms with van der Waals surface area (Å²) in [4.78, 5) is 5.93. The minimum Gasteiger partial charge on any atom is -0.368 e. The van der Waals surface area contributed by atoms with E-state index in [2.05, 4.69) is 24.1 Å². The number of thiazole rings is 1. The van der Waals surface area contributed by atoms with Gasteiger partial charge in [0.1, 0.15) is 10.6 Å². The van der Waals surface area contributed by atoms with Gasteiger partial charge in [-0.3, -0.25) is 0 Å². The van der Waals surface area contributed by atoms with E-state index in [4.69, 9.17) is 4.74 Å². The number of ether oxygens (including phenoxy) is 1. The van der Waals surface area contributed by atoms with Crippen molar-refractivity contribution in [2.75, 3.05) is 13.7 Å². The number of hydrogen-bond donors (Lipinski definition) is 1. The van der Waals surface area contributed by atoms with Crippen molar-refractivity contribution in [3.63, 3.8) is 0 Å². The number of nitrogens with one attached hydrogen (secondary N) is 1. The summed E-state index contributed by atoms with van der Waals surface area (Å²) in [5, 5.41) is 4.36. The van der Waals surface area contributed by atoms with Gasteiger partial charge in [-0.2, -0.15) is 0 Å². The van der Waals surface area contributed by atoms with Crippen LogP contribution < -0.4 is 5.32 Å². The zero-order chi connectivity index (χ0) is 13.0. The molecule has 0 radical (unpaired) electrons. The van der Waals surface area contributed by atoms with Crippen molar-refractivity contribution in [3.05, 3.63) is 16.1 Å². The molecular formula is C14H24N2OS. The van der Waals surface area contributed by atoms with E-state index in [9.17, 15) is 0 Å². The van der Waals surface area contributed by atoms with E-state index in [1.807, 2.05) is 13.2 Å². The Morgan fingerprint density at radius 1 is 1.61 bits per heavy atom. The first-order chi connectivity index (χ1) is 8.70. The van der Waals surface area contributed by atoms with Crippen LogP contribution in [0.2, 0.25) is 0 Å². The summed E-state index contributed by atoms with van der Waals surface area (Å²) in [6.45, 7) is 6.08. The lowest BCUT2D eigenvalue weighted by Crippen LogP contribution is -2.35. The van der Waals surface area contributed by atoms with Crippen LogP contribution in [0.3, 0.4) is 0 Å². The second-order valence-electron chi connectivity index (χ2n) is 5.29. The second kappa shape index (κ2) is 6.13. The van der Waals surface area contributed by atoms with Crippen LogP contribution in [0, 0.1) is 5.92 Å². The molecule has 1 N–H and O–H groups in total. The van der Waals surface area contributed by atoms with Crippen LogP contribution >= 0.6 is 11.3 Å². The van der Waals surface area contributed by atoms with Gasteiger partial charge in [-0.1, -0.05) is 13.3 Å². The first kappa shape index (κ1) is 14.0. The fourth-order valence-corrected chi connectivity index (χ4v) is 4.05. The van der Waals surface area contributed by atoms with E-state index in [1.54, 1.807) is 11.3 Å². The van der Waals surface area contributed by atoms with E-state index < -0.39 is 0 Å². The van der Waals surface area contributed by atoms with Gasteiger partial charge in [0.25, 0.3) is 0 Å². The zero-order valence-corrected chi connectivity index (χ0v) is 12.5. The van der Waals surface area contributed by atoms with Gasteiger partial charge in [0, 0.05) is 24.2 Å². The van der Waals surface area contributed by atoms with Crippen LogP contribution in [-0.4, -0.2) is 18.6 Å². The Kier molecular flexibility index (Phi) is 4.76. The summed E-state index contributed by atoms with van der Waals surface area (Å²) in [5.41, 5.74) is -0.108. The van der Waals surface area contributed by atoms with Gasteiger partial charge < -0.3 is 10.1 Å². The van der Waals surface area contributed by atoms with Crippen LogP contribution in [0.1, 0.15) is 49.4 Å². The van der Waals surface area contributed by atoms with Crippen molar-refractivity contribution in [3.8, 4) is 0 Å². The van der Waals surface area contributed by atoms with E-state index in [0.29, 0.717) is 0 Å². The number of nitrogens with zero attached hydrogens (tertiary/aromatic N) is 1. The van der Waals surface area contributed by atoms with Gasteiger partial charge in [0.05, 0.1) is 0 Å². The Morgan fingerprint density at radius 3 is 3.11 bits per heavy atom. The van der Waals surface area contributed by atoms with Crippen molar-refractivity contribution in [2.45, 2.75) is 51.7 Å². The maximum absolute atomic E-state index is 6.15. The largest absolute Gasteiger partial charge is 0.368 e. The number of hydrogen-bond acceptors (Lipinski definition) is 4. The average molecular weight is 268 g/mol. The van der Waals surface area contributed by atoms with Gasteiger partial charge >= 0.3 is 0 Å². The fourth-order valence-electron chi connectivity index (χ4n) is 2.94. The quantitative estimate of drug-likeness (QED) is 0.889. The van der Waals surface area contributed by atoms with E-state index >= 15 is 0 Å². The molecule has 0 spiro atoms. The predicted molar refractivity (Wildman–Crippen MR) is 75.8 cm³/mol. The van der Waals surface area contributed by atoms with E-state index in [0.717, 1.165) is 31.9 Å². The highest BCUT2D eigenvalue weighted by Gasteiger charge is 2.39. The summed E-state index contributed by atoms with van der Waals surface area (Å²) in [7, 11) is 1.97. The molecular weight excluding hydrogens is 244 g/mol. The van der Waals surface area contributed by atoms with Gasteiger partial charge in [0.2, 0.25) is 0 Å². The maximum Gasteiger partial charge on any atom is 0.125 e. The molecule has 1 aliphatic carbocycles. The molecule has 3 nitrogen and oxygen atoms in total. The number of aromatic nitrogens is 1. The molecule has 0 aromatic carbocycles. The van der Waals surface area contributed by atoms with Gasteiger partial charge in [-0.15, -0.1) is 11.3 Å². The molecule has 2 atom stereocenters. The Hall–Kier alpha value is -0.450. The average Bonchev–Trinajstić information content (AvgIpc) is 2.79. The topological polar surface area (TPSA) is 34.1 Å². The molecule has 4 heteroatoms. The predicted octanol–water partition coefficient (Wildman–Crippen LogP) is 3.30. The summed E-state index contributed by atoms with van der Waals surface area (Å²) in [5.74, 6) is 0.738. The van der Waals surface area contributed by atoms with Crippen molar-refractivity contribution in [2.24, 2.45) is 5.92 Å². The van der Waals surface area contributed by atoms with Crippen molar-refractivity contribution >= 4 is 11.3 Å². The minimum absolute atomic E-state index is 0.108. The highest BCUT2D eigenvalue weighted by atomic mass is 32.1. The Labute approximate surface area is 114 Å². The maximum atomic E-state index is 6.15. The lowest BCUT2D eigenvalue weighted by Gasteiger charge is -2.38. The smallest absolute Gasteiger partial charge is 0.125 e. The standard InChI is InChI=1S/C14H24N2OS/c1-4-17-14(7-5-6-11(2)8-14)13-16-10-12(18-13)9-15-3/h10-11,15H,4-9H2,1-3H3. The third kappa shape index (κ3) is 2.92. The SMILES string of the molecule is CCOC1(c2ncc(CNC)s2)CCCC(C)C1.